The van der Waals surface area contributed by atoms with Crippen LogP contribution in [0.4, 0.5) is 5.69 Å². The van der Waals surface area contributed by atoms with Crippen LogP contribution in [-0.2, 0) is 0 Å². The molecule has 1 aromatic rings. The smallest absolute Gasteiger partial charge is 0.117 e. The summed E-state index contributed by atoms with van der Waals surface area (Å²) in [6.45, 7) is 1.93. The number of aromatic hydroxyl groups is 1. The lowest BCUT2D eigenvalue weighted by atomic mass is 10.3. The first kappa shape index (κ1) is 9.78. The number of benzene rings is 1. The van der Waals surface area contributed by atoms with E-state index in [0.29, 0.717) is 5.69 Å². The molecule has 0 aromatic heterocycles. The van der Waals surface area contributed by atoms with Crippen LogP contribution in [0.15, 0.2) is 24.3 Å². The monoisotopic (exact) mass is 155 g/mol. The number of nitrogens with two attached hydrogens (primary N) is 1. The van der Waals surface area contributed by atoms with Gasteiger partial charge >= 0.3 is 0 Å². The minimum atomic E-state index is 0.213. The maximum absolute atomic E-state index is 8.73. The third-order valence-electron chi connectivity index (χ3n) is 0.870. The van der Waals surface area contributed by atoms with E-state index in [1.54, 1.807) is 25.1 Å². The van der Waals surface area contributed by atoms with Gasteiger partial charge in [-0.2, -0.15) is 0 Å². The fraction of sp³-hybridized carbons (Fsp3) is 0.250. The highest BCUT2D eigenvalue weighted by Gasteiger charge is 1.83. The van der Waals surface area contributed by atoms with Crippen molar-refractivity contribution in [2.75, 3.05) is 12.3 Å². The Balaban J connectivity index is 0.000000292. The lowest BCUT2D eigenvalue weighted by Gasteiger charge is -1.90. The minimum Gasteiger partial charge on any atom is -0.508 e. The summed E-state index contributed by atoms with van der Waals surface area (Å²) in [6, 6.07) is 6.50. The molecule has 0 unspecified atom stereocenters. The number of hydrogen-bond donors (Lipinski definition) is 3. The Morgan fingerprint density at radius 2 is 2.00 bits per heavy atom. The molecule has 0 aliphatic carbocycles. The minimum absolute atomic E-state index is 0.213. The zero-order valence-corrected chi connectivity index (χ0v) is 6.49. The highest BCUT2D eigenvalue weighted by atomic mass is 16.3. The summed E-state index contributed by atoms with van der Waals surface area (Å²) in [6.07, 6.45) is 0. The molecule has 62 valence electrons. The van der Waals surface area contributed by atoms with E-state index in [4.69, 9.17) is 15.9 Å². The van der Waals surface area contributed by atoms with E-state index in [1.807, 2.05) is 0 Å². The van der Waals surface area contributed by atoms with Crippen LogP contribution in [0.3, 0.4) is 0 Å². The van der Waals surface area contributed by atoms with Gasteiger partial charge in [0.25, 0.3) is 0 Å². The molecule has 0 heterocycles. The number of hydrogen-bond acceptors (Lipinski definition) is 3. The maximum atomic E-state index is 8.73. The Kier molecular flexibility index (Phi) is 4.94. The predicted molar refractivity (Wildman–Crippen MR) is 45.3 cm³/mol. The highest BCUT2D eigenvalue weighted by molar-refractivity contribution is 5.42. The van der Waals surface area contributed by atoms with Crippen molar-refractivity contribution in [2.24, 2.45) is 0 Å². The number of aliphatic hydroxyl groups excluding tert-OH is 1. The second kappa shape index (κ2) is 5.56. The average Bonchev–Trinajstić information content (AvgIpc) is 1.88. The third kappa shape index (κ3) is 5.24. The first-order valence-electron chi connectivity index (χ1n) is 3.36. The summed E-state index contributed by atoms with van der Waals surface area (Å²) in [5.41, 5.74) is 5.89. The Morgan fingerprint density at radius 3 is 2.27 bits per heavy atom. The van der Waals surface area contributed by atoms with E-state index in [1.165, 1.54) is 6.07 Å². The van der Waals surface area contributed by atoms with Crippen LogP contribution in [0.1, 0.15) is 6.92 Å². The van der Waals surface area contributed by atoms with Crippen LogP contribution in [-0.4, -0.2) is 16.8 Å². The molecule has 0 fully saturated rings. The number of aliphatic hydroxyl groups is 1. The van der Waals surface area contributed by atoms with Crippen LogP contribution in [0.2, 0.25) is 0 Å². The maximum Gasteiger partial charge on any atom is 0.117 e. The van der Waals surface area contributed by atoms with Gasteiger partial charge in [0.1, 0.15) is 5.75 Å². The molecule has 0 saturated heterocycles. The second-order valence-corrected chi connectivity index (χ2v) is 1.91. The molecule has 1 aromatic carbocycles. The van der Waals surface area contributed by atoms with Crippen molar-refractivity contribution >= 4 is 5.69 Å². The molecule has 3 heteroatoms. The van der Waals surface area contributed by atoms with Gasteiger partial charge in [0.15, 0.2) is 0 Å². The van der Waals surface area contributed by atoms with Gasteiger partial charge in [0.2, 0.25) is 0 Å². The number of phenols is 1. The Bertz CT molecular complexity index is 184. The molecular weight excluding hydrogens is 142 g/mol. The molecule has 0 saturated carbocycles. The molecule has 4 N–H and O–H groups in total. The van der Waals surface area contributed by atoms with Gasteiger partial charge in [-0.15, -0.1) is 0 Å². The quantitative estimate of drug-likeness (QED) is 0.489. The van der Waals surface area contributed by atoms with Crippen molar-refractivity contribution in [1.29, 1.82) is 0 Å². The molecule has 0 aliphatic rings. The van der Waals surface area contributed by atoms with Crippen molar-refractivity contribution in [3.05, 3.63) is 24.3 Å². The molecular formula is C8H13NO2. The Labute approximate surface area is 66.1 Å². The Morgan fingerprint density at radius 1 is 1.45 bits per heavy atom. The largest absolute Gasteiger partial charge is 0.508 e. The van der Waals surface area contributed by atoms with Crippen molar-refractivity contribution in [3.63, 3.8) is 0 Å². The van der Waals surface area contributed by atoms with Gasteiger partial charge < -0.3 is 15.9 Å². The molecule has 0 aliphatic heterocycles. The van der Waals surface area contributed by atoms with E-state index in [0.717, 1.165) is 0 Å². The Hall–Kier alpha value is -1.22. The molecule has 3 nitrogen and oxygen atoms in total. The second-order valence-electron chi connectivity index (χ2n) is 1.91. The summed E-state index contributed by atoms with van der Waals surface area (Å²) >= 11 is 0. The number of anilines is 1. The van der Waals surface area contributed by atoms with Gasteiger partial charge in [-0.05, 0) is 19.1 Å². The first-order valence-corrected chi connectivity index (χ1v) is 3.36. The molecule has 0 amide bonds. The van der Waals surface area contributed by atoms with Crippen LogP contribution in [0.5, 0.6) is 5.75 Å². The third-order valence-corrected chi connectivity index (χ3v) is 0.870. The number of nitrogen functional groups attached to an aromatic ring is 1. The lowest BCUT2D eigenvalue weighted by Crippen LogP contribution is -1.80. The molecule has 0 spiro atoms. The van der Waals surface area contributed by atoms with Crippen molar-refractivity contribution in [3.8, 4) is 5.75 Å². The van der Waals surface area contributed by atoms with Gasteiger partial charge in [-0.1, -0.05) is 6.07 Å². The van der Waals surface area contributed by atoms with Gasteiger partial charge in [0, 0.05) is 18.4 Å². The van der Waals surface area contributed by atoms with Crippen molar-refractivity contribution in [1.82, 2.24) is 0 Å². The van der Waals surface area contributed by atoms with E-state index < -0.39 is 0 Å². The van der Waals surface area contributed by atoms with Gasteiger partial charge in [0.05, 0.1) is 0 Å². The zero-order valence-electron chi connectivity index (χ0n) is 6.49. The fourth-order valence-electron chi connectivity index (χ4n) is 0.525. The molecule has 0 radical (unpaired) electrons. The SMILES string of the molecule is CCO.Nc1cccc(O)c1. The summed E-state index contributed by atoms with van der Waals surface area (Å²) in [5.74, 6) is 0.213. The van der Waals surface area contributed by atoms with Crippen molar-refractivity contribution in [2.45, 2.75) is 6.92 Å². The fourth-order valence-corrected chi connectivity index (χ4v) is 0.525. The standard InChI is InChI=1S/C6H7NO.C2H6O/c7-5-2-1-3-6(8)4-5;1-2-3/h1-4,8H,7H2;3H,2H2,1H3. The van der Waals surface area contributed by atoms with Crippen LogP contribution < -0.4 is 5.73 Å². The van der Waals surface area contributed by atoms with Gasteiger partial charge in [-0.25, -0.2) is 0 Å². The van der Waals surface area contributed by atoms with Gasteiger partial charge in [-0.3, -0.25) is 0 Å². The summed E-state index contributed by atoms with van der Waals surface area (Å²) in [4.78, 5) is 0. The highest BCUT2D eigenvalue weighted by Crippen LogP contribution is 2.10. The van der Waals surface area contributed by atoms with E-state index in [-0.39, 0.29) is 12.4 Å². The zero-order chi connectivity index (χ0) is 8.69. The average molecular weight is 155 g/mol. The summed E-state index contributed by atoms with van der Waals surface area (Å²) in [5, 5.41) is 16.3. The molecule has 11 heavy (non-hydrogen) atoms. The summed E-state index contributed by atoms with van der Waals surface area (Å²) in [7, 11) is 0. The summed E-state index contributed by atoms with van der Waals surface area (Å²) < 4.78 is 0. The molecule has 1 rings (SSSR count). The van der Waals surface area contributed by atoms with Crippen molar-refractivity contribution < 1.29 is 10.2 Å². The first-order chi connectivity index (χ1) is 5.20. The van der Waals surface area contributed by atoms with Crippen LogP contribution in [0, 0.1) is 0 Å². The topological polar surface area (TPSA) is 66.5 Å². The van der Waals surface area contributed by atoms with Crippen LogP contribution in [0.25, 0.3) is 0 Å². The van der Waals surface area contributed by atoms with E-state index >= 15 is 0 Å². The number of phenolic OH excluding ortho intramolecular Hbond substituents is 1. The van der Waals surface area contributed by atoms with E-state index in [2.05, 4.69) is 0 Å². The normalized spacial score (nSPS) is 8.18. The van der Waals surface area contributed by atoms with E-state index in [9.17, 15) is 0 Å². The number of rotatable bonds is 0. The molecule has 0 bridgehead atoms. The van der Waals surface area contributed by atoms with Crippen LogP contribution >= 0.6 is 0 Å². The molecule has 0 atom stereocenters. The predicted octanol–water partition coefficient (Wildman–Crippen LogP) is 0.973. The lowest BCUT2D eigenvalue weighted by molar-refractivity contribution is 0.318.